The van der Waals surface area contributed by atoms with Crippen LogP contribution < -0.4 is 5.14 Å². The van der Waals surface area contributed by atoms with E-state index in [2.05, 4.69) is 9.17 Å². The van der Waals surface area contributed by atoms with Gasteiger partial charge in [0.2, 0.25) is 0 Å². The lowest BCUT2D eigenvalue weighted by molar-refractivity contribution is 0.0126. The Kier molecular flexibility index (Phi) is 5.32. The van der Waals surface area contributed by atoms with Crippen LogP contribution in [0.25, 0.3) is 0 Å². The third-order valence-electron chi connectivity index (χ3n) is 2.14. The number of methoxy groups -OCH3 is 1. The topological polar surface area (TPSA) is 91.5 Å². The summed E-state index contributed by atoms with van der Waals surface area (Å²) in [5.41, 5.74) is 0.395. The first kappa shape index (κ1) is 15.6. The minimum absolute atomic E-state index is 0.249. The van der Waals surface area contributed by atoms with E-state index in [0.29, 0.717) is 5.56 Å². The van der Waals surface area contributed by atoms with Crippen LogP contribution in [0.4, 0.5) is 0 Å². The number of hydrogen-bond acceptors (Lipinski definition) is 5. The number of aromatic nitrogens is 1. The Morgan fingerprint density at radius 3 is 2.22 bits per heavy atom. The highest BCUT2D eigenvalue weighted by Gasteiger charge is 2.27. The van der Waals surface area contributed by atoms with Gasteiger partial charge in [-0.15, -0.1) is 0 Å². The largest absolute Gasteiger partial charge is 0.374 e. The molecule has 1 aromatic heterocycles. The van der Waals surface area contributed by atoms with Crippen molar-refractivity contribution >= 4 is 33.5 Å². The van der Waals surface area contributed by atoms with Crippen molar-refractivity contribution in [2.45, 2.75) is 19.1 Å². The van der Waals surface area contributed by atoms with Crippen molar-refractivity contribution in [1.29, 1.82) is 0 Å². The summed E-state index contributed by atoms with van der Waals surface area (Å²) in [5.74, 6) is 0. The Hall–Kier alpha value is -0.440. The zero-order chi connectivity index (χ0) is 13.9. The summed E-state index contributed by atoms with van der Waals surface area (Å²) >= 11 is 11.9. The van der Waals surface area contributed by atoms with Gasteiger partial charge in [0.25, 0.3) is 0 Å². The van der Waals surface area contributed by atoms with Crippen LogP contribution in [0, 0.1) is 0 Å². The minimum atomic E-state index is -4.09. The average molecular weight is 315 g/mol. The predicted molar refractivity (Wildman–Crippen MR) is 67.7 cm³/mol. The van der Waals surface area contributed by atoms with Crippen LogP contribution in [0.2, 0.25) is 10.0 Å². The lowest BCUT2D eigenvalue weighted by atomic mass is 10.1. The third kappa shape index (κ3) is 4.04. The molecule has 1 aromatic rings. The molecule has 0 amide bonds. The molecule has 2 atom stereocenters. The van der Waals surface area contributed by atoms with Gasteiger partial charge in [-0.3, -0.25) is 9.17 Å². The van der Waals surface area contributed by atoms with Crippen molar-refractivity contribution < 1.29 is 17.3 Å². The Balaban J connectivity index is 3.10. The fraction of sp³-hybridized carbons (Fsp3) is 0.444. The first-order valence-electron chi connectivity index (χ1n) is 4.79. The lowest BCUT2D eigenvalue weighted by Crippen LogP contribution is -2.28. The maximum absolute atomic E-state index is 10.9. The fourth-order valence-electron chi connectivity index (χ4n) is 1.50. The number of rotatable bonds is 5. The van der Waals surface area contributed by atoms with Gasteiger partial charge < -0.3 is 4.74 Å². The first-order chi connectivity index (χ1) is 8.26. The standard InChI is InChI=1S/C9H12Cl2N2O4S/c1-5(17-18(12,14)15)9(16-2)8-6(10)3-13-4-7(8)11/h3-5,9H,1-2H3,(H2,12,14,15). The molecule has 0 radical (unpaired) electrons. The molecule has 0 aromatic carbocycles. The lowest BCUT2D eigenvalue weighted by Gasteiger charge is -2.23. The molecule has 1 rings (SSSR count). The number of hydrogen-bond donors (Lipinski definition) is 1. The minimum Gasteiger partial charge on any atom is -0.374 e. The van der Waals surface area contributed by atoms with E-state index in [9.17, 15) is 8.42 Å². The summed E-state index contributed by atoms with van der Waals surface area (Å²) in [5, 5.41) is 5.30. The quantitative estimate of drug-likeness (QED) is 0.892. The van der Waals surface area contributed by atoms with Crippen LogP contribution >= 0.6 is 23.2 Å². The Bertz CT molecular complexity index is 503. The van der Waals surface area contributed by atoms with Gasteiger partial charge in [0.05, 0.1) is 10.0 Å². The van der Waals surface area contributed by atoms with Gasteiger partial charge in [-0.25, -0.2) is 5.14 Å². The van der Waals surface area contributed by atoms with Gasteiger partial charge in [-0.05, 0) is 6.92 Å². The van der Waals surface area contributed by atoms with Crippen LogP contribution in [0.1, 0.15) is 18.6 Å². The van der Waals surface area contributed by atoms with E-state index in [4.69, 9.17) is 33.1 Å². The van der Waals surface area contributed by atoms with Crippen molar-refractivity contribution in [2.75, 3.05) is 7.11 Å². The normalized spacial score (nSPS) is 15.4. The molecule has 102 valence electrons. The molecule has 0 fully saturated rings. The highest BCUT2D eigenvalue weighted by Crippen LogP contribution is 2.34. The van der Waals surface area contributed by atoms with E-state index in [0.717, 1.165) is 0 Å². The van der Waals surface area contributed by atoms with Gasteiger partial charge in [0.15, 0.2) is 0 Å². The second kappa shape index (κ2) is 6.14. The van der Waals surface area contributed by atoms with Crippen molar-refractivity contribution in [2.24, 2.45) is 5.14 Å². The van der Waals surface area contributed by atoms with Crippen molar-refractivity contribution in [3.05, 3.63) is 28.0 Å². The number of nitrogens with zero attached hydrogens (tertiary/aromatic N) is 1. The zero-order valence-electron chi connectivity index (χ0n) is 9.63. The van der Waals surface area contributed by atoms with Crippen LogP contribution in [-0.4, -0.2) is 26.6 Å². The molecular weight excluding hydrogens is 303 g/mol. The summed E-state index contributed by atoms with van der Waals surface area (Å²) in [7, 11) is -2.72. The SMILES string of the molecule is COC(c1c(Cl)cncc1Cl)C(C)OS(N)(=O)=O. The summed E-state index contributed by atoms with van der Waals surface area (Å²) in [6.45, 7) is 1.48. The number of pyridine rings is 1. The molecule has 0 saturated heterocycles. The van der Waals surface area contributed by atoms with E-state index in [1.54, 1.807) is 0 Å². The molecule has 0 aliphatic carbocycles. The Morgan fingerprint density at radius 1 is 1.33 bits per heavy atom. The first-order valence-corrected chi connectivity index (χ1v) is 7.01. The summed E-state index contributed by atoms with van der Waals surface area (Å²) in [4.78, 5) is 3.79. The maximum atomic E-state index is 10.9. The van der Waals surface area contributed by atoms with Crippen LogP contribution in [0.5, 0.6) is 0 Å². The van der Waals surface area contributed by atoms with E-state index >= 15 is 0 Å². The van der Waals surface area contributed by atoms with Crippen LogP contribution in [0.3, 0.4) is 0 Å². The van der Waals surface area contributed by atoms with Gasteiger partial charge in [0.1, 0.15) is 12.2 Å². The van der Waals surface area contributed by atoms with Gasteiger partial charge in [-0.2, -0.15) is 8.42 Å². The highest BCUT2D eigenvalue weighted by atomic mass is 35.5. The van der Waals surface area contributed by atoms with E-state index in [1.807, 2.05) is 0 Å². The smallest absolute Gasteiger partial charge is 0.333 e. The molecule has 0 saturated carbocycles. The second-order valence-electron chi connectivity index (χ2n) is 3.47. The predicted octanol–water partition coefficient (Wildman–Crippen LogP) is 1.68. The summed E-state index contributed by atoms with van der Waals surface area (Å²) in [6, 6.07) is 0. The van der Waals surface area contributed by atoms with Crippen molar-refractivity contribution in [3.63, 3.8) is 0 Å². The fourth-order valence-corrected chi connectivity index (χ4v) is 2.60. The van der Waals surface area contributed by atoms with Gasteiger partial charge in [-0.1, -0.05) is 23.2 Å². The molecule has 0 aliphatic heterocycles. The van der Waals surface area contributed by atoms with Gasteiger partial charge in [0, 0.05) is 25.1 Å². The number of halogens is 2. The van der Waals surface area contributed by atoms with Crippen LogP contribution in [-0.2, 0) is 19.2 Å². The van der Waals surface area contributed by atoms with E-state index < -0.39 is 22.5 Å². The van der Waals surface area contributed by atoms with E-state index in [1.165, 1.54) is 26.4 Å². The Labute approximate surface area is 115 Å². The number of nitrogens with two attached hydrogens (primary N) is 1. The monoisotopic (exact) mass is 314 g/mol. The molecule has 1 heterocycles. The third-order valence-corrected chi connectivity index (χ3v) is 3.32. The molecule has 0 bridgehead atoms. The number of ether oxygens (including phenoxy) is 1. The summed E-state index contributed by atoms with van der Waals surface area (Å²) < 4.78 is 31.6. The average Bonchev–Trinajstić information content (AvgIpc) is 2.20. The molecule has 2 unspecified atom stereocenters. The zero-order valence-corrected chi connectivity index (χ0v) is 12.0. The maximum Gasteiger partial charge on any atom is 0.333 e. The molecule has 18 heavy (non-hydrogen) atoms. The molecule has 6 nitrogen and oxygen atoms in total. The highest BCUT2D eigenvalue weighted by molar-refractivity contribution is 7.84. The van der Waals surface area contributed by atoms with E-state index in [-0.39, 0.29) is 10.0 Å². The van der Waals surface area contributed by atoms with Crippen molar-refractivity contribution in [3.8, 4) is 0 Å². The molecule has 0 aliphatic rings. The summed E-state index contributed by atoms with van der Waals surface area (Å²) in [6.07, 6.45) is 1.07. The molecular formula is C9H12Cl2N2O4S. The second-order valence-corrected chi connectivity index (χ2v) is 5.46. The van der Waals surface area contributed by atoms with Crippen LogP contribution in [0.15, 0.2) is 12.4 Å². The molecule has 0 spiro atoms. The molecule has 9 heteroatoms. The molecule has 2 N–H and O–H groups in total. The van der Waals surface area contributed by atoms with Gasteiger partial charge >= 0.3 is 10.3 Å². The van der Waals surface area contributed by atoms with Crippen molar-refractivity contribution in [1.82, 2.24) is 4.98 Å². The Morgan fingerprint density at radius 2 is 1.83 bits per heavy atom.